The van der Waals surface area contributed by atoms with E-state index in [-0.39, 0.29) is 5.91 Å². The Kier molecular flexibility index (Phi) is 7.48. The van der Waals surface area contributed by atoms with Crippen molar-refractivity contribution >= 4 is 33.4 Å². The van der Waals surface area contributed by atoms with Gasteiger partial charge in [-0.15, -0.1) is 0 Å². The van der Waals surface area contributed by atoms with E-state index in [1.54, 1.807) is 36.4 Å². The van der Waals surface area contributed by atoms with Gasteiger partial charge in [-0.1, -0.05) is 30.3 Å². The average molecular weight is 487 g/mol. The van der Waals surface area contributed by atoms with Crippen LogP contribution in [0.15, 0.2) is 84.3 Å². The van der Waals surface area contributed by atoms with Gasteiger partial charge in [0, 0.05) is 43.1 Å². The number of hydrogen-bond donors (Lipinski definition) is 1. The molecule has 0 aromatic heterocycles. The Morgan fingerprint density at radius 2 is 1.60 bits per heavy atom. The van der Waals surface area contributed by atoms with E-state index in [1.807, 2.05) is 47.4 Å². The second-order valence-electron chi connectivity index (χ2n) is 8.23. The van der Waals surface area contributed by atoms with Crippen LogP contribution in [0.2, 0.25) is 0 Å². The van der Waals surface area contributed by atoms with Crippen molar-refractivity contribution in [3.8, 4) is 6.07 Å². The van der Waals surface area contributed by atoms with Gasteiger partial charge in [0.2, 0.25) is 0 Å². The molecule has 35 heavy (non-hydrogen) atoms. The van der Waals surface area contributed by atoms with Gasteiger partial charge in [0.25, 0.3) is 15.9 Å². The van der Waals surface area contributed by atoms with Crippen LogP contribution in [0.25, 0.3) is 6.08 Å². The van der Waals surface area contributed by atoms with E-state index < -0.39 is 10.0 Å². The van der Waals surface area contributed by atoms with Crippen LogP contribution in [0.5, 0.6) is 0 Å². The van der Waals surface area contributed by atoms with Crippen molar-refractivity contribution in [1.82, 2.24) is 4.90 Å². The minimum atomic E-state index is -3.68. The Balaban J connectivity index is 1.36. The number of hydrogen-bond acceptors (Lipinski definition) is 5. The molecular weight excluding hydrogens is 460 g/mol. The third-order valence-corrected chi connectivity index (χ3v) is 6.79. The number of anilines is 2. The van der Waals surface area contributed by atoms with Crippen molar-refractivity contribution in [3.63, 3.8) is 0 Å². The topological polar surface area (TPSA) is 93.5 Å². The molecule has 1 heterocycles. The van der Waals surface area contributed by atoms with Crippen LogP contribution in [0.4, 0.5) is 11.4 Å². The Bertz CT molecular complexity index is 1330. The quantitative estimate of drug-likeness (QED) is 0.560. The summed E-state index contributed by atoms with van der Waals surface area (Å²) in [4.78, 5) is 17.1. The minimum absolute atomic E-state index is 0.0786. The first-order valence-electron chi connectivity index (χ1n) is 11.3. The smallest absolute Gasteiger partial charge is 0.255 e. The van der Waals surface area contributed by atoms with Gasteiger partial charge in [-0.3, -0.25) is 9.52 Å². The maximum absolute atomic E-state index is 13.1. The molecule has 0 unspecified atom stereocenters. The normalized spacial score (nSPS) is 14.4. The molecular formula is C27H26N4O3S. The molecule has 0 bridgehead atoms. The maximum atomic E-state index is 13.1. The molecule has 1 saturated heterocycles. The zero-order valence-corrected chi connectivity index (χ0v) is 20.0. The van der Waals surface area contributed by atoms with Crippen LogP contribution < -0.4 is 9.62 Å². The van der Waals surface area contributed by atoms with Crippen molar-refractivity contribution in [2.24, 2.45) is 0 Å². The van der Waals surface area contributed by atoms with Gasteiger partial charge in [0.05, 0.1) is 17.0 Å². The maximum Gasteiger partial charge on any atom is 0.255 e. The molecule has 0 aliphatic carbocycles. The molecule has 1 aliphatic heterocycles. The summed E-state index contributed by atoms with van der Waals surface area (Å²) in [7, 11) is -3.68. The lowest BCUT2D eigenvalue weighted by molar-refractivity contribution is 0.0767. The second kappa shape index (κ2) is 10.9. The molecule has 1 amide bonds. The highest BCUT2D eigenvalue weighted by Gasteiger charge is 2.20. The summed E-state index contributed by atoms with van der Waals surface area (Å²) in [5, 5.41) is 10.1. The molecule has 178 valence electrons. The Morgan fingerprint density at radius 1 is 0.886 bits per heavy atom. The van der Waals surface area contributed by atoms with E-state index >= 15 is 0 Å². The molecule has 0 saturated carbocycles. The third kappa shape index (κ3) is 6.49. The van der Waals surface area contributed by atoms with Gasteiger partial charge >= 0.3 is 0 Å². The van der Waals surface area contributed by atoms with Crippen LogP contribution in [0.3, 0.4) is 0 Å². The van der Waals surface area contributed by atoms with Gasteiger partial charge in [-0.25, -0.2) is 8.42 Å². The fourth-order valence-electron chi connectivity index (χ4n) is 3.92. The van der Waals surface area contributed by atoms with Crippen LogP contribution in [-0.4, -0.2) is 45.4 Å². The number of rotatable bonds is 6. The molecule has 8 heteroatoms. The summed E-state index contributed by atoms with van der Waals surface area (Å²) < 4.78 is 27.2. The van der Waals surface area contributed by atoms with Crippen molar-refractivity contribution in [2.45, 2.75) is 6.42 Å². The molecule has 4 rings (SSSR count). The minimum Gasteiger partial charge on any atom is -0.370 e. The van der Waals surface area contributed by atoms with E-state index in [1.165, 1.54) is 6.08 Å². The molecule has 7 nitrogen and oxygen atoms in total. The van der Waals surface area contributed by atoms with Gasteiger partial charge < -0.3 is 9.80 Å². The number of benzene rings is 3. The number of sulfonamides is 1. The first-order valence-corrected chi connectivity index (χ1v) is 12.9. The summed E-state index contributed by atoms with van der Waals surface area (Å²) in [5.74, 6) is -0.0786. The molecule has 0 radical (unpaired) electrons. The second-order valence-corrected chi connectivity index (χ2v) is 9.80. The summed E-state index contributed by atoms with van der Waals surface area (Å²) in [5.41, 5.74) is 3.35. The number of nitrogens with zero attached hydrogens (tertiary/aromatic N) is 3. The molecule has 3 aromatic rings. The zero-order chi connectivity index (χ0) is 24.7. The Labute approximate surface area is 206 Å². The SMILES string of the molecule is N#Cc1ccc(N2CCCN(C(=O)c3ccc(NS(=O)(=O)/C=C/c4ccccc4)cc3)CC2)cc1. The summed E-state index contributed by atoms with van der Waals surface area (Å²) in [6.45, 7) is 2.75. The predicted octanol–water partition coefficient (Wildman–Crippen LogP) is 4.32. The largest absolute Gasteiger partial charge is 0.370 e. The fraction of sp³-hybridized carbons (Fsp3) is 0.185. The molecule has 1 N–H and O–H groups in total. The van der Waals surface area contributed by atoms with Crippen molar-refractivity contribution < 1.29 is 13.2 Å². The number of amides is 1. The number of nitrogens with one attached hydrogen (secondary N) is 1. The highest BCUT2D eigenvalue weighted by atomic mass is 32.2. The van der Waals surface area contributed by atoms with E-state index in [0.717, 1.165) is 29.6 Å². The van der Waals surface area contributed by atoms with Gasteiger partial charge in [-0.2, -0.15) is 5.26 Å². The van der Waals surface area contributed by atoms with Gasteiger partial charge in [0.15, 0.2) is 0 Å². The lowest BCUT2D eigenvalue weighted by Crippen LogP contribution is -2.35. The van der Waals surface area contributed by atoms with Gasteiger partial charge in [0.1, 0.15) is 0 Å². The van der Waals surface area contributed by atoms with Crippen LogP contribution in [0, 0.1) is 11.3 Å². The standard InChI is InChI=1S/C27H26N4O3S/c28-21-23-7-13-26(14-8-23)30-16-4-17-31(19-18-30)27(32)24-9-11-25(12-10-24)29-35(33,34)20-15-22-5-2-1-3-6-22/h1-3,5-15,20,29H,4,16-19H2/b20-15+. The number of carbonyl (C=O) groups excluding carboxylic acids is 1. The van der Waals surface area contributed by atoms with Crippen LogP contribution in [-0.2, 0) is 10.0 Å². The predicted molar refractivity (Wildman–Crippen MR) is 138 cm³/mol. The van der Waals surface area contributed by atoms with Gasteiger partial charge in [-0.05, 0) is 66.6 Å². The summed E-state index contributed by atoms with van der Waals surface area (Å²) >= 11 is 0. The van der Waals surface area contributed by atoms with Crippen molar-refractivity contribution in [1.29, 1.82) is 5.26 Å². The number of nitriles is 1. The monoisotopic (exact) mass is 486 g/mol. The lowest BCUT2D eigenvalue weighted by atomic mass is 10.2. The van der Waals surface area contributed by atoms with E-state index in [4.69, 9.17) is 5.26 Å². The van der Waals surface area contributed by atoms with Crippen molar-refractivity contribution in [2.75, 3.05) is 35.8 Å². The first kappa shape index (κ1) is 24.0. The highest BCUT2D eigenvalue weighted by molar-refractivity contribution is 7.95. The molecule has 0 spiro atoms. The highest BCUT2D eigenvalue weighted by Crippen LogP contribution is 2.19. The molecule has 0 atom stereocenters. The summed E-state index contributed by atoms with van der Waals surface area (Å²) in [6, 6.07) is 25.3. The lowest BCUT2D eigenvalue weighted by Gasteiger charge is -2.24. The fourth-order valence-corrected chi connectivity index (χ4v) is 4.79. The van der Waals surface area contributed by atoms with Crippen molar-refractivity contribution in [3.05, 3.63) is 101 Å². The van der Waals surface area contributed by atoms with E-state index in [0.29, 0.717) is 36.4 Å². The van der Waals surface area contributed by atoms with E-state index in [2.05, 4.69) is 15.7 Å². The summed E-state index contributed by atoms with van der Waals surface area (Å²) in [6.07, 6.45) is 2.36. The zero-order valence-electron chi connectivity index (χ0n) is 19.2. The Hall–Kier alpha value is -4.09. The molecule has 1 fully saturated rings. The average Bonchev–Trinajstić information content (AvgIpc) is 3.14. The van der Waals surface area contributed by atoms with E-state index in [9.17, 15) is 13.2 Å². The number of carbonyl (C=O) groups is 1. The first-order chi connectivity index (χ1) is 16.9. The third-order valence-electron chi connectivity index (χ3n) is 5.78. The Morgan fingerprint density at radius 3 is 2.29 bits per heavy atom. The molecule has 1 aliphatic rings. The molecule has 3 aromatic carbocycles. The van der Waals surface area contributed by atoms with Crippen LogP contribution >= 0.6 is 0 Å². The van der Waals surface area contributed by atoms with Crippen LogP contribution in [0.1, 0.15) is 27.9 Å².